The molecule has 3 aliphatic rings. The Hall–Kier alpha value is -1.69. The molecular formula is C18H26N4O2. The number of hydrogen-bond acceptors (Lipinski definition) is 4. The van der Waals surface area contributed by atoms with Crippen molar-refractivity contribution in [3.8, 4) is 0 Å². The van der Waals surface area contributed by atoms with E-state index < -0.39 is 0 Å². The Morgan fingerprint density at radius 1 is 1.04 bits per heavy atom. The zero-order chi connectivity index (χ0) is 16.7. The smallest absolute Gasteiger partial charge is 0.266 e. The predicted octanol–water partition coefficient (Wildman–Crippen LogP) is 1.06. The van der Waals surface area contributed by atoms with Crippen molar-refractivity contribution in [1.29, 1.82) is 0 Å². The number of aromatic nitrogens is 2. The van der Waals surface area contributed by atoms with Gasteiger partial charge < -0.3 is 4.90 Å². The summed E-state index contributed by atoms with van der Waals surface area (Å²) in [6.45, 7) is 3.49. The van der Waals surface area contributed by atoms with Gasteiger partial charge in [-0.3, -0.25) is 14.5 Å². The molecule has 1 aromatic heterocycles. The predicted molar refractivity (Wildman–Crippen MR) is 90.8 cm³/mol. The second kappa shape index (κ2) is 6.31. The van der Waals surface area contributed by atoms with Crippen LogP contribution in [0.2, 0.25) is 0 Å². The van der Waals surface area contributed by atoms with Crippen molar-refractivity contribution in [2.45, 2.75) is 50.6 Å². The van der Waals surface area contributed by atoms with Crippen molar-refractivity contribution in [2.75, 3.05) is 26.7 Å². The van der Waals surface area contributed by atoms with Crippen LogP contribution < -0.4 is 5.56 Å². The van der Waals surface area contributed by atoms with Gasteiger partial charge in [-0.05, 0) is 57.2 Å². The van der Waals surface area contributed by atoms with Gasteiger partial charge in [0, 0.05) is 32.1 Å². The number of piperidine rings is 1. The summed E-state index contributed by atoms with van der Waals surface area (Å²) in [5.41, 5.74) is 1.08. The third-order valence-electron chi connectivity index (χ3n) is 5.80. The molecule has 0 bridgehead atoms. The van der Waals surface area contributed by atoms with Crippen LogP contribution in [0.5, 0.6) is 0 Å². The van der Waals surface area contributed by atoms with E-state index in [0.29, 0.717) is 18.4 Å². The minimum atomic E-state index is 0.00873. The fourth-order valence-corrected chi connectivity index (χ4v) is 4.03. The normalized spacial score (nSPS) is 26.3. The molecule has 0 radical (unpaired) electrons. The van der Waals surface area contributed by atoms with Crippen molar-refractivity contribution in [1.82, 2.24) is 19.6 Å². The minimum absolute atomic E-state index is 0.00873. The van der Waals surface area contributed by atoms with Crippen LogP contribution in [0.25, 0.3) is 0 Å². The van der Waals surface area contributed by atoms with Gasteiger partial charge in [0.2, 0.25) is 5.91 Å². The lowest BCUT2D eigenvalue weighted by molar-refractivity contribution is -0.131. The van der Waals surface area contributed by atoms with Gasteiger partial charge in [-0.1, -0.05) is 0 Å². The lowest BCUT2D eigenvalue weighted by Crippen LogP contribution is -2.46. The second-order valence-corrected chi connectivity index (χ2v) is 7.60. The summed E-state index contributed by atoms with van der Waals surface area (Å²) in [5, 5.41) is 4.58. The second-order valence-electron chi connectivity index (χ2n) is 7.60. The Morgan fingerprint density at radius 2 is 1.79 bits per heavy atom. The molecule has 1 saturated carbocycles. The monoisotopic (exact) mass is 330 g/mol. The molecule has 0 aromatic carbocycles. The van der Waals surface area contributed by atoms with E-state index in [0.717, 1.165) is 44.6 Å². The number of hydrogen-bond donors (Lipinski definition) is 0. The van der Waals surface area contributed by atoms with Crippen LogP contribution in [0.3, 0.4) is 0 Å². The molecular weight excluding hydrogens is 304 g/mol. The first-order valence-electron chi connectivity index (χ1n) is 9.19. The Morgan fingerprint density at radius 3 is 2.42 bits per heavy atom. The number of likely N-dealkylation sites (tertiary alicyclic amines) is 2. The number of amides is 1. The fraction of sp³-hybridized carbons (Fsp3) is 0.722. The average Bonchev–Trinajstić information content (AvgIpc) is 3.38. The summed E-state index contributed by atoms with van der Waals surface area (Å²) in [7, 11) is 1.89. The lowest BCUT2D eigenvalue weighted by atomic mass is 9.95. The first-order valence-corrected chi connectivity index (χ1v) is 9.19. The summed E-state index contributed by atoms with van der Waals surface area (Å²) < 4.78 is 1.67. The number of carbonyl (C=O) groups excluding carboxylic acids is 1. The van der Waals surface area contributed by atoms with Crippen LogP contribution in [0, 0.1) is 5.92 Å². The average molecular weight is 330 g/mol. The Bertz CT molecular complexity index is 674. The van der Waals surface area contributed by atoms with Gasteiger partial charge in [0.25, 0.3) is 5.56 Å². The van der Waals surface area contributed by atoms with E-state index >= 15 is 0 Å². The van der Waals surface area contributed by atoms with Gasteiger partial charge in [0.15, 0.2) is 0 Å². The maximum atomic E-state index is 12.2. The summed E-state index contributed by atoms with van der Waals surface area (Å²) >= 11 is 0. The SMILES string of the molecule is CN1CCC(N2CCC(Cn3nc(C4CC4)ccc3=O)CC2)C1=O. The quantitative estimate of drug-likeness (QED) is 0.828. The van der Waals surface area contributed by atoms with E-state index in [1.165, 1.54) is 12.8 Å². The molecule has 4 rings (SSSR count). The molecule has 1 aromatic rings. The van der Waals surface area contributed by atoms with E-state index in [2.05, 4.69) is 10.00 Å². The Kier molecular flexibility index (Phi) is 4.16. The van der Waals surface area contributed by atoms with Gasteiger partial charge in [0.1, 0.15) is 0 Å². The van der Waals surface area contributed by atoms with E-state index in [9.17, 15) is 9.59 Å². The maximum Gasteiger partial charge on any atom is 0.266 e. The molecule has 1 atom stereocenters. The van der Waals surface area contributed by atoms with Crippen LogP contribution in [-0.4, -0.2) is 58.2 Å². The number of rotatable bonds is 4. The molecule has 0 N–H and O–H groups in total. The molecule has 1 unspecified atom stereocenters. The third kappa shape index (κ3) is 3.11. The van der Waals surface area contributed by atoms with Crippen molar-refractivity contribution >= 4 is 5.91 Å². The first-order chi connectivity index (χ1) is 11.6. The lowest BCUT2D eigenvalue weighted by Gasteiger charge is -2.35. The highest BCUT2D eigenvalue weighted by molar-refractivity contribution is 5.83. The van der Waals surface area contributed by atoms with Crippen molar-refractivity contribution in [2.24, 2.45) is 5.92 Å². The molecule has 3 heterocycles. The highest BCUT2D eigenvalue weighted by Crippen LogP contribution is 2.38. The van der Waals surface area contributed by atoms with E-state index in [1.807, 2.05) is 18.0 Å². The van der Waals surface area contributed by atoms with Crippen molar-refractivity contribution < 1.29 is 4.79 Å². The highest BCUT2D eigenvalue weighted by Gasteiger charge is 2.35. The largest absolute Gasteiger partial charge is 0.344 e. The van der Waals surface area contributed by atoms with Gasteiger partial charge in [-0.15, -0.1) is 0 Å². The molecule has 1 aliphatic carbocycles. The Balaban J connectivity index is 1.36. The van der Waals surface area contributed by atoms with Gasteiger partial charge in [-0.25, -0.2) is 4.68 Å². The fourth-order valence-electron chi connectivity index (χ4n) is 4.03. The van der Waals surface area contributed by atoms with Gasteiger partial charge >= 0.3 is 0 Å². The topological polar surface area (TPSA) is 58.4 Å². The molecule has 0 spiro atoms. The van der Waals surface area contributed by atoms with Crippen LogP contribution in [0.1, 0.15) is 43.7 Å². The number of carbonyl (C=O) groups is 1. The summed E-state index contributed by atoms with van der Waals surface area (Å²) in [6, 6.07) is 3.64. The molecule has 2 saturated heterocycles. The van der Waals surface area contributed by atoms with Crippen molar-refractivity contribution in [3.63, 3.8) is 0 Å². The molecule has 1 amide bonds. The first kappa shape index (κ1) is 15.8. The zero-order valence-corrected chi connectivity index (χ0v) is 14.4. The summed E-state index contributed by atoms with van der Waals surface area (Å²) in [4.78, 5) is 28.4. The van der Waals surface area contributed by atoms with E-state index in [-0.39, 0.29) is 17.5 Å². The van der Waals surface area contributed by atoms with E-state index in [4.69, 9.17) is 0 Å². The standard InChI is InChI=1S/C18H26N4O2/c1-20-9-8-16(18(20)24)21-10-6-13(7-11-21)12-22-17(23)5-4-15(19-22)14-2-3-14/h4-5,13-14,16H,2-3,6-12H2,1H3. The van der Waals surface area contributed by atoms with Crippen LogP contribution in [0.15, 0.2) is 16.9 Å². The molecule has 6 nitrogen and oxygen atoms in total. The number of likely N-dealkylation sites (N-methyl/N-ethyl adjacent to an activating group) is 1. The maximum absolute atomic E-state index is 12.2. The van der Waals surface area contributed by atoms with Crippen molar-refractivity contribution in [3.05, 3.63) is 28.2 Å². The highest BCUT2D eigenvalue weighted by atomic mass is 16.2. The molecule has 130 valence electrons. The van der Waals surface area contributed by atoms with E-state index in [1.54, 1.807) is 10.7 Å². The summed E-state index contributed by atoms with van der Waals surface area (Å²) in [5.74, 6) is 1.32. The summed E-state index contributed by atoms with van der Waals surface area (Å²) in [6.07, 6.45) is 5.43. The van der Waals surface area contributed by atoms with Gasteiger partial charge in [-0.2, -0.15) is 5.10 Å². The molecule has 6 heteroatoms. The van der Waals surface area contributed by atoms with Crippen LogP contribution in [-0.2, 0) is 11.3 Å². The van der Waals surface area contributed by atoms with Gasteiger partial charge in [0.05, 0.1) is 11.7 Å². The molecule has 3 fully saturated rings. The van der Waals surface area contributed by atoms with Crippen LogP contribution >= 0.6 is 0 Å². The zero-order valence-electron chi connectivity index (χ0n) is 14.4. The third-order valence-corrected chi connectivity index (χ3v) is 5.80. The molecule has 24 heavy (non-hydrogen) atoms. The van der Waals surface area contributed by atoms with Crippen LogP contribution in [0.4, 0.5) is 0 Å². The molecule has 2 aliphatic heterocycles. The minimum Gasteiger partial charge on any atom is -0.344 e. The number of nitrogens with zero attached hydrogens (tertiary/aromatic N) is 4. The Labute approximate surface area is 142 Å².